The average Bonchev–Trinajstić information content (AvgIpc) is 2.87. The molecule has 1 aromatic heterocycles. The molecule has 0 N–H and O–H groups in total. The summed E-state index contributed by atoms with van der Waals surface area (Å²) in [5.41, 5.74) is 2.48. The van der Waals surface area contributed by atoms with E-state index >= 15 is 0 Å². The topological polar surface area (TPSA) is 59.5 Å². The van der Waals surface area contributed by atoms with E-state index in [-0.39, 0.29) is 11.8 Å². The number of carbonyl (C=O) groups excluding carboxylic acids is 2. The predicted molar refractivity (Wildman–Crippen MR) is 90.6 cm³/mol. The highest BCUT2D eigenvalue weighted by Crippen LogP contribution is 2.37. The van der Waals surface area contributed by atoms with E-state index in [9.17, 15) is 9.59 Å². The summed E-state index contributed by atoms with van der Waals surface area (Å²) in [5.74, 6) is -0.238. The Kier molecular flexibility index (Phi) is 3.09. The average molecular weight is 318 g/mol. The summed E-state index contributed by atoms with van der Waals surface area (Å²) in [6, 6.07) is 14.3. The molecule has 5 heteroatoms. The molecule has 0 atom stereocenters. The Morgan fingerprint density at radius 2 is 1.58 bits per heavy atom. The van der Waals surface area contributed by atoms with Gasteiger partial charge in [0.1, 0.15) is 5.75 Å². The number of hydrogen-bond acceptors (Lipinski definition) is 4. The number of ether oxygens (including phenoxy) is 1. The summed E-state index contributed by atoms with van der Waals surface area (Å²) in [4.78, 5) is 31.7. The Balaban J connectivity index is 1.99. The third-order valence-electron chi connectivity index (χ3n) is 4.23. The number of methoxy groups -OCH3 is 1. The van der Waals surface area contributed by atoms with Crippen LogP contribution < -0.4 is 9.64 Å². The van der Waals surface area contributed by atoms with E-state index in [2.05, 4.69) is 4.98 Å². The Hall–Kier alpha value is -3.21. The van der Waals surface area contributed by atoms with Gasteiger partial charge < -0.3 is 4.74 Å². The van der Waals surface area contributed by atoms with Crippen molar-refractivity contribution in [2.75, 3.05) is 12.0 Å². The minimum atomic E-state index is -0.366. The maximum absolute atomic E-state index is 13.1. The van der Waals surface area contributed by atoms with Crippen LogP contribution in [0.4, 0.5) is 5.69 Å². The third kappa shape index (κ3) is 1.84. The number of aromatic nitrogens is 1. The van der Waals surface area contributed by atoms with Crippen molar-refractivity contribution in [1.29, 1.82) is 0 Å². The van der Waals surface area contributed by atoms with Gasteiger partial charge in [-0.1, -0.05) is 30.3 Å². The van der Waals surface area contributed by atoms with Crippen LogP contribution in [0.1, 0.15) is 26.4 Å². The molecule has 4 rings (SSSR count). The fourth-order valence-corrected chi connectivity index (χ4v) is 3.17. The number of benzene rings is 2. The molecule has 0 saturated carbocycles. The number of rotatable bonds is 2. The van der Waals surface area contributed by atoms with Gasteiger partial charge in [0.2, 0.25) is 0 Å². The molecule has 24 heavy (non-hydrogen) atoms. The van der Waals surface area contributed by atoms with Crippen molar-refractivity contribution in [1.82, 2.24) is 4.98 Å². The zero-order chi connectivity index (χ0) is 16.8. The molecular weight excluding hydrogens is 304 g/mol. The van der Waals surface area contributed by atoms with Gasteiger partial charge in [-0.15, -0.1) is 0 Å². The fraction of sp³-hybridized carbons (Fsp3) is 0.105. The molecule has 0 unspecified atom stereocenters. The lowest BCUT2D eigenvalue weighted by Crippen LogP contribution is -2.29. The third-order valence-corrected chi connectivity index (χ3v) is 4.23. The predicted octanol–water partition coefficient (Wildman–Crippen LogP) is 3.35. The standard InChI is InChI=1S/C19H14N2O3/c1-11-16-17(12-7-3-4-8-13(12)20-11)19(23)21(18(16)22)14-9-5-6-10-15(14)24-2/h3-10H,1-2H3. The van der Waals surface area contributed by atoms with Gasteiger partial charge in [-0.05, 0) is 25.1 Å². The lowest BCUT2D eigenvalue weighted by Gasteiger charge is -2.17. The van der Waals surface area contributed by atoms with Crippen molar-refractivity contribution in [3.63, 3.8) is 0 Å². The second-order valence-electron chi connectivity index (χ2n) is 5.58. The summed E-state index contributed by atoms with van der Waals surface area (Å²) in [7, 11) is 1.51. The molecule has 0 spiro atoms. The molecule has 5 nitrogen and oxygen atoms in total. The normalized spacial score (nSPS) is 13.5. The Morgan fingerprint density at radius 1 is 0.917 bits per heavy atom. The van der Waals surface area contributed by atoms with E-state index in [0.717, 1.165) is 0 Å². The molecule has 0 radical (unpaired) electrons. The molecular formula is C19H14N2O3. The first-order chi connectivity index (χ1) is 11.6. The number of anilines is 1. The van der Waals surface area contributed by atoms with Crippen molar-refractivity contribution >= 4 is 28.4 Å². The molecule has 2 amide bonds. The number of hydrogen-bond donors (Lipinski definition) is 0. The first-order valence-electron chi connectivity index (χ1n) is 7.54. The molecule has 2 heterocycles. The maximum atomic E-state index is 13.1. The first kappa shape index (κ1) is 14.4. The van der Waals surface area contributed by atoms with Gasteiger partial charge in [0.05, 0.1) is 35.1 Å². The van der Waals surface area contributed by atoms with Crippen LogP contribution in [0.25, 0.3) is 10.9 Å². The number of aryl methyl sites for hydroxylation is 1. The highest BCUT2D eigenvalue weighted by molar-refractivity contribution is 6.38. The van der Waals surface area contributed by atoms with Crippen molar-refractivity contribution in [2.45, 2.75) is 6.92 Å². The fourth-order valence-electron chi connectivity index (χ4n) is 3.17. The van der Waals surface area contributed by atoms with Gasteiger partial charge >= 0.3 is 0 Å². The van der Waals surface area contributed by atoms with Crippen molar-refractivity contribution < 1.29 is 14.3 Å². The van der Waals surface area contributed by atoms with Gasteiger partial charge in [-0.2, -0.15) is 0 Å². The number of nitrogens with zero attached hydrogens (tertiary/aromatic N) is 2. The van der Waals surface area contributed by atoms with Gasteiger partial charge in [0, 0.05) is 5.39 Å². The Labute approximate surface area is 138 Å². The quantitative estimate of drug-likeness (QED) is 0.680. The minimum Gasteiger partial charge on any atom is -0.495 e. The number of carbonyl (C=O) groups is 2. The Morgan fingerprint density at radius 3 is 2.38 bits per heavy atom. The summed E-state index contributed by atoms with van der Waals surface area (Å²) in [5, 5.41) is 0.689. The van der Waals surface area contributed by atoms with E-state index in [1.807, 2.05) is 24.3 Å². The van der Waals surface area contributed by atoms with Crippen molar-refractivity contribution in [3.8, 4) is 5.75 Å². The van der Waals surface area contributed by atoms with Crippen LogP contribution in [0, 0.1) is 6.92 Å². The SMILES string of the molecule is COc1ccccc1N1C(=O)c2c(C)nc3ccccc3c2C1=O. The number of para-hydroxylation sites is 3. The molecule has 0 fully saturated rings. The summed E-state index contributed by atoms with van der Waals surface area (Å²) < 4.78 is 5.31. The van der Waals surface area contributed by atoms with E-state index in [1.54, 1.807) is 31.2 Å². The molecule has 3 aromatic rings. The number of imide groups is 1. The van der Waals surface area contributed by atoms with Crippen LogP contribution in [0.2, 0.25) is 0 Å². The van der Waals surface area contributed by atoms with E-state index in [4.69, 9.17) is 4.74 Å². The van der Waals surface area contributed by atoms with Gasteiger partial charge in [-0.25, -0.2) is 4.90 Å². The summed E-state index contributed by atoms with van der Waals surface area (Å²) in [6.45, 7) is 1.75. The van der Waals surface area contributed by atoms with Crippen LogP contribution in [0.3, 0.4) is 0 Å². The summed E-state index contributed by atoms with van der Waals surface area (Å²) >= 11 is 0. The number of fused-ring (bicyclic) bond motifs is 3. The second kappa shape index (κ2) is 5.16. The van der Waals surface area contributed by atoms with Crippen LogP contribution in [-0.4, -0.2) is 23.9 Å². The van der Waals surface area contributed by atoms with Gasteiger partial charge in [0.25, 0.3) is 11.8 Å². The van der Waals surface area contributed by atoms with E-state index < -0.39 is 0 Å². The number of amides is 2. The van der Waals surface area contributed by atoms with Crippen LogP contribution in [0.15, 0.2) is 48.5 Å². The minimum absolute atomic E-state index is 0.346. The summed E-state index contributed by atoms with van der Waals surface area (Å²) in [6.07, 6.45) is 0. The highest BCUT2D eigenvalue weighted by Gasteiger charge is 2.41. The highest BCUT2D eigenvalue weighted by atomic mass is 16.5. The molecule has 2 aromatic carbocycles. The van der Waals surface area contributed by atoms with Crippen molar-refractivity contribution in [3.05, 3.63) is 65.4 Å². The zero-order valence-corrected chi connectivity index (χ0v) is 13.2. The molecule has 1 aliphatic heterocycles. The van der Waals surface area contributed by atoms with Crippen LogP contribution in [-0.2, 0) is 0 Å². The lowest BCUT2D eigenvalue weighted by atomic mass is 10.0. The van der Waals surface area contributed by atoms with Crippen LogP contribution >= 0.6 is 0 Å². The smallest absolute Gasteiger partial charge is 0.268 e. The van der Waals surface area contributed by atoms with E-state index in [0.29, 0.717) is 39.2 Å². The lowest BCUT2D eigenvalue weighted by molar-refractivity contribution is 0.0925. The molecule has 0 saturated heterocycles. The molecule has 0 bridgehead atoms. The first-order valence-corrected chi connectivity index (χ1v) is 7.54. The molecule has 1 aliphatic rings. The monoisotopic (exact) mass is 318 g/mol. The Bertz CT molecular complexity index is 1010. The van der Waals surface area contributed by atoms with E-state index in [1.165, 1.54) is 12.0 Å². The largest absolute Gasteiger partial charge is 0.495 e. The van der Waals surface area contributed by atoms with Gasteiger partial charge in [-0.3, -0.25) is 14.6 Å². The van der Waals surface area contributed by atoms with Crippen molar-refractivity contribution in [2.24, 2.45) is 0 Å². The second-order valence-corrected chi connectivity index (χ2v) is 5.58. The molecule has 0 aliphatic carbocycles. The zero-order valence-electron chi connectivity index (χ0n) is 13.2. The van der Waals surface area contributed by atoms with Gasteiger partial charge in [0.15, 0.2) is 0 Å². The maximum Gasteiger partial charge on any atom is 0.268 e. The molecule has 118 valence electrons. The number of pyridine rings is 1. The van der Waals surface area contributed by atoms with Crippen LogP contribution in [0.5, 0.6) is 5.75 Å².